The topological polar surface area (TPSA) is 113 Å². The molecule has 0 bridgehead atoms. The Bertz CT molecular complexity index is 758. The zero-order valence-corrected chi connectivity index (χ0v) is 15.1. The lowest BCUT2D eigenvalue weighted by Crippen LogP contribution is -2.41. The fourth-order valence-corrected chi connectivity index (χ4v) is 2.11. The Kier molecular flexibility index (Phi) is 6.70. The molecule has 0 aliphatic rings. The van der Waals surface area contributed by atoms with Crippen LogP contribution in [0, 0.1) is 0 Å². The molecule has 1 aromatic carbocycles. The van der Waals surface area contributed by atoms with Gasteiger partial charge in [0, 0.05) is 16.6 Å². The molecule has 2 rings (SSSR count). The molecule has 9 heteroatoms. The molecule has 132 valence electrons. The summed E-state index contributed by atoms with van der Waals surface area (Å²) in [5, 5.41) is 11.1. The fraction of sp³-hybridized carbons (Fsp3) is 0.250. The SMILES string of the molecule is CCCNC(=O)NC(=O)COC(=O)c1cc(-c2ccc(Br)cc2)n[nH]1. The van der Waals surface area contributed by atoms with Gasteiger partial charge in [0.05, 0.1) is 5.69 Å². The minimum absolute atomic E-state index is 0.112. The number of halogens is 1. The fourth-order valence-electron chi connectivity index (χ4n) is 1.85. The van der Waals surface area contributed by atoms with Crippen molar-refractivity contribution in [1.82, 2.24) is 20.8 Å². The zero-order chi connectivity index (χ0) is 18.2. The molecule has 0 unspecified atom stereocenters. The van der Waals surface area contributed by atoms with Crippen molar-refractivity contribution in [3.63, 3.8) is 0 Å². The van der Waals surface area contributed by atoms with Gasteiger partial charge in [0.1, 0.15) is 5.69 Å². The Balaban J connectivity index is 1.86. The summed E-state index contributed by atoms with van der Waals surface area (Å²) in [6.45, 7) is 1.77. The second kappa shape index (κ2) is 8.97. The highest BCUT2D eigenvalue weighted by atomic mass is 79.9. The number of aromatic nitrogens is 2. The van der Waals surface area contributed by atoms with Crippen LogP contribution in [-0.2, 0) is 9.53 Å². The van der Waals surface area contributed by atoms with E-state index in [2.05, 4.69) is 36.8 Å². The molecular formula is C16H17BrN4O4. The standard InChI is InChI=1S/C16H17BrN4O4/c1-2-7-18-16(24)19-14(22)9-25-15(23)13-8-12(20-21-13)10-3-5-11(17)6-4-10/h3-6,8H,2,7,9H2,1H3,(H,20,21)(H2,18,19,22,24). The van der Waals surface area contributed by atoms with E-state index in [1.807, 2.05) is 31.2 Å². The molecule has 2 aromatic rings. The van der Waals surface area contributed by atoms with Crippen LogP contribution in [0.15, 0.2) is 34.8 Å². The Labute approximate surface area is 152 Å². The minimum Gasteiger partial charge on any atom is -0.451 e. The molecule has 0 atom stereocenters. The highest BCUT2D eigenvalue weighted by Crippen LogP contribution is 2.20. The predicted octanol–water partition coefficient (Wildman–Crippen LogP) is 2.23. The first kappa shape index (κ1) is 18.7. The summed E-state index contributed by atoms with van der Waals surface area (Å²) in [6.07, 6.45) is 0.747. The van der Waals surface area contributed by atoms with Crippen molar-refractivity contribution in [2.45, 2.75) is 13.3 Å². The molecule has 0 aliphatic carbocycles. The number of amides is 3. The first-order valence-electron chi connectivity index (χ1n) is 7.55. The largest absolute Gasteiger partial charge is 0.451 e. The van der Waals surface area contributed by atoms with Crippen molar-refractivity contribution >= 4 is 33.8 Å². The maximum Gasteiger partial charge on any atom is 0.356 e. The van der Waals surface area contributed by atoms with Gasteiger partial charge in [-0.3, -0.25) is 15.2 Å². The number of H-pyrrole nitrogens is 1. The Morgan fingerprint density at radius 1 is 1.24 bits per heavy atom. The third-order valence-corrected chi connectivity index (χ3v) is 3.59. The maximum atomic E-state index is 11.9. The number of imide groups is 1. The van der Waals surface area contributed by atoms with E-state index in [9.17, 15) is 14.4 Å². The van der Waals surface area contributed by atoms with Gasteiger partial charge in [-0.25, -0.2) is 9.59 Å². The summed E-state index contributed by atoms with van der Waals surface area (Å²) >= 11 is 3.34. The minimum atomic E-state index is -0.736. The monoisotopic (exact) mass is 408 g/mol. The van der Waals surface area contributed by atoms with Crippen LogP contribution in [0.1, 0.15) is 23.8 Å². The van der Waals surface area contributed by atoms with Crippen LogP contribution in [0.5, 0.6) is 0 Å². The van der Waals surface area contributed by atoms with Gasteiger partial charge in [-0.2, -0.15) is 5.10 Å². The Morgan fingerprint density at radius 2 is 1.96 bits per heavy atom. The van der Waals surface area contributed by atoms with Crippen LogP contribution < -0.4 is 10.6 Å². The third-order valence-electron chi connectivity index (χ3n) is 3.06. The molecule has 8 nitrogen and oxygen atoms in total. The summed E-state index contributed by atoms with van der Waals surface area (Å²) in [4.78, 5) is 34.8. The summed E-state index contributed by atoms with van der Waals surface area (Å²) in [5.74, 6) is -1.45. The number of ether oxygens (including phenoxy) is 1. The van der Waals surface area contributed by atoms with Gasteiger partial charge < -0.3 is 10.1 Å². The molecule has 0 fully saturated rings. The molecule has 3 amide bonds. The van der Waals surface area contributed by atoms with E-state index in [4.69, 9.17) is 4.74 Å². The number of carbonyl (C=O) groups excluding carboxylic acids is 3. The lowest BCUT2D eigenvalue weighted by Gasteiger charge is -2.05. The third kappa shape index (κ3) is 5.71. The Morgan fingerprint density at radius 3 is 2.64 bits per heavy atom. The lowest BCUT2D eigenvalue weighted by molar-refractivity contribution is -0.123. The number of rotatable bonds is 6. The van der Waals surface area contributed by atoms with Crippen molar-refractivity contribution < 1.29 is 19.1 Å². The van der Waals surface area contributed by atoms with Crippen LogP contribution in [0.3, 0.4) is 0 Å². The number of carbonyl (C=O) groups is 3. The average Bonchev–Trinajstić information content (AvgIpc) is 3.08. The molecule has 0 aliphatic heterocycles. The zero-order valence-electron chi connectivity index (χ0n) is 13.5. The van der Waals surface area contributed by atoms with E-state index < -0.39 is 24.5 Å². The normalized spacial score (nSPS) is 10.2. The molecule has 0 spiro atoms. The number of esters is 1. The van der Waals surface area contributed by atoms with Crippen LogP contribution in [0.25, 0.3) is 11.3 Å². The molecular weight excluding hydrogens is 392 g/mol. The van der Waals surface area contributed by atoms with Crippen LogP contribution in [0.2, 0.25) is 0 Å². The highest BCUT2D eigenvalue weighted by Gasteiger charge is 2.15. The van der Waals surface area contributed by atoms with Crippen LogP contribution in [-0.4, -0.2) is 41.3 Å². The van der Waals surface area contributed by atoms with Gasteiger partial charge in [0.2, 0.25) is 0 Å². The molecule has 0 saturated carbocycles. The van der Waals surface area contributed by atoms with E-state index in [1.54, 1.807) is 0 Å². The Hall–Kier alpha value is -2.68. The first-order chi connectivity index (χ1) is 12.0. The van der Waals surface area contributed by atoms with E-state index in [0.717, 1.165) is 16.5 Å². The number of benzene rings is 1. The van der Waals surface area contributed by atoms with Gasteiger partial charge >= 0.3 is 12.0 Å². The second-order valence-electron chi connectivity index (χ2n) is 5.05. The number of hydrogen-bond donors (Lipinski definition) is 3. The average molecular weight is 409 g/mol. The molecule has 1 heterocycles. The van der Waals surface area contributed by atoms with Crippen molar-refractivity contribution in [3.05, 3.63) is 40.5 Å². The van der Waals surface area contributed by atoms with Crippen LogP contribution >= 0.6 is 15.9 Å². The van der Waals surface area contributed by atoms with E-state index in [0.29, 0.717) is 12.2 Å². The van der Waals surface area contributed by atoms with Crippen molar-refractivity contribution in [1.29, 1.82) is 0 Å². The van der Waals surface area contributed by atoms with Crippen LogP contribution in [0.4, 0.5) is 4.79 Å². The van der Waals surface area contributed by atoms with Gasteiger partial charge in [0.15, 0.2) is 6.61 Å². The molecule has 1 aromatic heterocycles. The number of hydrogen-bond acceptors (Lipinski definition) is 5. The number of urea groups is 1. The second-order valence-corrected chi connectivity index (χ2v) is 5.97. The summed E-state index contributed by atoms with van der Waals surface area (Å²) < 4.78 is 5.78. The maximum absolute atomic E-state index is 11.9. The highest BCUT2D eigenvalue weighted by molar-refractivity contribution is 9.10. The predicted molar refractivity (Wildman–Crippen MR) is 93.8 cm³/mol. The summed E-state index contributed by atoms with van der Waals surface area (Å²) in [7, 11) is 0. The van der Waals surface area contributed by atoms with Gasteiger partial charge in [-0.1, -0.05) is 35.0 Å². The lowest BCUT2D eigenvalue weighted by atomic mass is 10.1. The molecule has 0 saturated heterocycles. The van der Waals surface area contributed by atoms with E-state index in [1.165, 1.54) is 6.07 Å². The summed E-state index contributed by atoms with van der Waals surface area (Å²) in [6, 6.07) is 8.31. The van der Waals surface area contributed by atoms with Crippen molar-refractivity contribution in [2.24, 2.45) is 0 Å². The number of aromatic amines is 1. The van der Waals surface area contributed by atoms with Gasteiger partial charge in [-0.15, -0.1) is 0 Å². The molecule has 3 N–H and O–H groups in total. The van der Waals surface area contributed by atoms with Gasteiger partial charge in [0.25, 0.3) is 5.91 Å². The first-order valence-corrected chi connectivity index (χ1v) is 8.35. The van der Waals surface area contributed by atoms with E-state index in [-0.39, 0.29) is 5.69 Å². The van der Waals surface area contributed by atoms with E-state index >= 15 is 0 Å². The number of nitrogens with zero attached hydrogens (tertiary/aromatic N) is 1. The van der Waals surface area contributed by atoms with Crippen molar-refractivity contribution in [2.75, 3.05) is 13.2 Å². The summed E-state index contributed by atoms with van der Waals surface area (Å²) in [5.41, 5.74) is 1.51. The molecule has 25 heavy (non-hydrogen) atoms. The van der Waals surface area contributed by atoms with Crippen molar-refractivity contribution in [3.8, 4) is 11.3 Å². The number of nitrogens with one attached hydrogen (secondary N) is 3. The molecule has 0 radical (unpaired) electrons. The smallest absolute Gasteiger partial charge is 0.356 e. The van der Waals surface area contributed by atoms with Gasteiger partial charge in [-0.05, 0) is 24.6 Å². The quantitative estimate of drug-likeness (QED) is 0.634.